The molecule has 1 amide bonds. The molecule has 1 aliphatic rings. The summed E-state index contributed by atoms with van der Waals surface area (Å²) in [5.41, 5.74) is 0.655. The standard InChI is InChI=1S/C15H21ClN2O2/c16-14-5-3-13(4-6-14)15(19)17-7-1-2-8-18-9-11-20-12-10-18/h3-6H,1-2,7-12H2,(H,17,19). The van der Waals surface area contributed by atoms with Gasteiger partial charge < -0.3 is 10.1 Å². The predicted molar refractivity (Wildman–Crippen MR) is 80.3 cm³/mol. The van der Waals surface area contributed by atoms with E-state index < -0.39 is 0 Å². The van der Waals surface area contributed by atoms with E-state index in [0.29, 0.717) is 17.1 Å². The van der Waals surface area contributed by atoms with Crippen LogP contribution in [0.2, 0.25) is 5.02 Å². The minimum atomic E-state index is -0.0342. The number of morpholine rings is 1. The fourth-order valence-electron chi connectivity index (χ4n) is 2.19. The van der Waals surface area contributed by atoms with Crippen LogP contribution in [0.4, 0.5) is 0 Å². The molecule has 0 spiro atoms. The number of amides is 1. The summed E-state index contributed by atoms with van der Waals surface area (Å²) < 4.78 is 5.31. The maximum Gasteiger partial charge on any atom is 0.251 e. The van der Waals surface area contributed by atoms with Crippen LogP contribution >= 0.6 is 11.6 Å². The van der Waals surface area contributed by atoms with Crippen molar-refractivity contribution in [2.24, 2.45) is 0 Å². The normalized spacial score (nSPS) is 16.1. The van der Waals surface area contributed by atoms with Crippen LogP contribution in [0.3, 0.4) is 0 Å². The van der Waals surface area contributed by atoms with Crippen LogP contribution in [0.15, 0.2) is 24.3 Å². The third-order valence-electron chi connectivity index (χ3n) is 3.40. The van der Waals surface area contributed by atoms with E-state index in [1.54, 1.807) is 24.3 Å². The van der Waals surface area contributed by atoms with E-state index in [4.69, 9.17) is 16.3 Å². The van der Waals surface area contributed by atoms with Gasteiger partial charge in [0.15, 0.2) is 0 Å². The number of nitrogens with zero attached hydrogens (tertiary/aromatic N) is 1. The minimum Gasteiger partial charge on any atom is -0.379 e. The lowest BCUT2D eigenvalue weighted by molar-refractivity contribution is 0.0372. The molecule has 0 atom stereocenters. The molecule has 5 heteroatoms. The van der Waals surface area contributed by atoms with Crippen LogP contribution in [-0.2, 0) is 4.74 Å². The molecular formula is C15H21ClN2O2. The van der Waals surface area contributed by atoms with Gasteiger partial charge in [-0.05, 0) is 43.7 Å². The second kappa shape index (κ2) is 8.25. The fourth-order valence-corrected chi connectivity index (χ4v) is 2.32. The molecule has 0 saturated carbocycles. The third-order valence-corrected chi connectivity index (χ3v) is 3.65. The van der Waals surface area contributed by atoms with Crippen LogP contribution in [-0.4, -0.2) is 50.2 Å². The smallest absolute Gasteiger partial charge is 0.251 e. The summed E-state index contributed by atoms with van der Waals surface area (Å²) in [7, 11) is 0. The van der Waals surface area contributed by atoms with Crippen molar-refractivity contribution >= 4 is 17.5 Å². The summed E-state index contributed by atoms with van der Waals surface area (Å²) >= 11 is 5.79. The van der Waals surface area contributed by atoms with E-state index in [0.717, 1.165) is 45.7 Å². The number of unbranched alkanes of at least 4 members (excludes halogenated alkanes) is 1. The third kappa shape index (κ3) is 5.12. The lowest BCUT2D eigenvalue weighted by atomic mass is 10.2. The average Bonchev–Trinajstić information content (AvgIpc) is 2.48. The number of nitrogens with one attached hydrogen (secondary N) is 1. The highest BCUT2D eigenvalue weighted by Gasteiger charge is 2.09. The topological polar surface area (TPSA) is 41.6 Å². The first-order chi connectivity index (χ1) is 9.75. The molecule has 1 fully saturated rings. The lowest BCUT2D eigenvalue weighted by Crippen LogP contribution is -2.37. The van der Waals surface area contributed by atoms with E-state index in [9.17, 15) is 4.79 Å². The van der Waals surface area contributed by atoms with Gasteiger partial charge >= 0.3 is 0 Å². The Morgan fingerprint density at radius 3 is 2.60 bits per heavy atom. The summed E-state index contributed by atoms with van der Waals surface area (Å²) in [6, 6.07) is 6.95. The van der Waals surface area contributed by atoms with Crippen molar-refractivity contribution in [3.05, 3.63) is 34.9 Å². The number of halogens is 1. The zero-order chi connectivity index (χ0) is 14.2. The van der Waals surface area contributed by atoms with Crippen molar-refractivity contribution in [3.63, 3.8) is 0 Å². The quantitative estimate of drug-likeness (QED) is 0.818. The summed E-state index contributed by atoms with van der Waals surface area (Å²) in [5, 5.41) is 3.58. The van der Waals surface area contributed by atoms with Gasteiger partial charge in [-0.25, -0.2) is 0 Å². The Balaban J connectivity index is 1.58. The van der Waals surface area contributed by atoms with E-state index in [-0.39, 0.29) is 5.91 Å². The molecule has 20 heavy (non-hydrogen) atoms. The van der Waals surface area contributed by atoms with E-state index in [1.807, 2.05) is 0 Å². The van der Waals surface area contributed by atoms with Gasteiger partial charge in [0, 0.05) is 30.2 Å². The summed E-state index contributed by atoms with van der Waals surface area (Å²) in [4.78, 5) is 14.2. The lowest BCUT2D eigenvalue weighted by Gasteiger charge is -2.26. The molecule has 1 aromatic carbocycles. The number of carbonyl (C=O) groups is 1. The molecule has 0 bridgehead atoms. The van der Waals surface area contributed by atoms with E-state index in [1.165, 1.54) is 0 Å². The largest absolute Gasteiger partial charge is 0.379 e. The zero-order valence-corrected chi connectivity index (χ0v) is 12.4. The molecule has 2 rings (SSSR count). The molecule has 0 radical (unpaired) electrons. The zero-order valence-electron chi connectivity index (χ0n) is 11.6. The highest BCUT2D eigenvalue weighted by molar-refractivity contribution is 6.30. The molecule has 1 saturated heterocycles. The van der Waals surface area contributed by atoms with Crippen molar-refractivity contribution in [1.82, 2.24) is 10.2 Å². The molecule has 1 N–H and O–H groups in total. The Hall–Kier alpha value is -1.10. The maximum atomic E-state index is 11.8. The highest BCUT2D eigenvalue weighted by atomic mass is 35.5. The van der Waals surface area contributed by atoms with Crippen molar-refractivity contribution < 1.29 is 9.53 Å². The van der Waals surface area contributed by atoms with Gasteiger partial charge in [0.1, 0.15) is 0 Å². The Morgan fingerprint density at radius 1 is 1.20 bits per heavy atom. The van der Waals surface area contributed by atoms with Crippen LogP contribution in [0, 0.1) is 0 Å². The fraction of sp³-hybridized carbons (Fsp3) is 0.533. The van der Waals surface area contributed by atoms with Gasteiger partial charge in [-0.15, -0.1) is 0 Å². The van der Waals surface area contributed by atoms with Crippen LogP contribution < -0.4 is 5.32 Å². The number of rotatable bonds is 6. The minimum absolute atomic E-state index is 0.0342. The first-order valence-corrected chi connectivity index (χ1v) is 7.47. The summed E-state index contributed by atoms with van der Waals surface area (Å²) in [6.45, 7) is 5.53. The van der Waals surface area contributed by atoms with Gasteiger partial charge in [0.25, 0.3) is 5.91 Å². The molecule has 1 aromatic rings. The summed E-state index contributed by atoms with van der Waals surface area (Å²) in [5.74, 6) is -0.0342. The first-order valence-electron chi connectivity index (χ1n) is 7.09. The van der Waals surface area contributed by atoms with Crippen LogP contribution in [0.25, 0.3) is 0 Å². The number of benzene rings is 1. The van der Waals surface area contributed by atoms with Crippen LogP contribution in [0.5, 0.6) is 0 Å². The number of ether oxygens (including phenoxy) is 1. The number of hydrogen-bond acceptors (Lipinski definition) is 3. The molecule has 110 valence electrons. The van der Waals surface area contributed by atoms with Crippen LogP contribution in [0.1, 0.15) is 23.2 Å². The number of hydrogen-bond donors (Lipinski definition) is 1. The maximum absolute atomic E-state index is 11.8. The molecule has 1 heterocycles. The molecule has 1 aliphatic heterocycles. The average molecular weight is 297 g/mol. The predicted octanol–water partition coefficient (Wildman–Crippen LogP) is 2.18. The van der Waals surface area contributed by atoms with Crippen molar-refractivity contribution in [1.29, 1.82) is 0 Å². The molecule has 0 unspecified atom stereocenters. The molecule has 0 aromatic heterocycles. The second-order valence-corrected chi connectivity index (χ2v) is 5.36. The molecular weight excluding hydrogens is 276 g/mol. The Kier molecular flexibility index (Phi) is 6.30. The van der Waals surface area contributed by atoms with Crippen molar-refractivity contribution in [2.45, 2.75) is 12.8 Å². The van der Waals surface area contributed by atoms with Crippen molar-refractivity contribution in [2.75, 3.05) is 39.4 Å². The van der Waals surface area contributed by atoms with Gasteiger partial charge in [0.05, 0.1) is 13.2 Å². The highest BCUT2D eigenvalue weighted by Crippen LogP contribution is 2.09. The van der Waals surface area contributed by atoms with Crippen molar-refractivity contribution in [3.8, 4) is 0 Å². The van der Waals surface area contributed by atoms with E-state index in [2.05, 4.69) is 10.2 Å². The van der Waals surface area contributed by atoms with Gasteiger partial charge in [0.2, 0.25) is 0 Å². The summed E-state index contributed by atoms with van der Waals surface area (Å²) in [6.07, 6.45) is 2.09. The Morgan fingerprint density at radius 2 is 1.90 bits per heavy atom. The Bertz CT molecular complexity index is 416. The molecule has 0 aliphatic carbocycles. The molecule has 4 nitrogen and oxygen atoms in total. The number of carbonyl (C=O) groups excluding carboxylic acids is 1. The SMILES string of the molecule is O=C(NCCCCN1CCOCC1)c1ccc(Cl)cc1. The second-order valence-electron chi connectivity index (χ2n) is 4.92. The van der Waals surface area contributed by atoms with Gasteiger partial charge in [-0.3, -0.25) is 9.69 Å². The van der Waals surface area contributed by atoms with Gasteiger partial charge in [-0.2, -0.15) is 0 Å². The first kappa shape index (κ1) is 15.3. The van der Waals surface area contributed by atoms with E-state index >= 15 is 0 Å². The monoisotopic (exact) mass is 296 g/mol. The van der Waals surface area contributed by atoms with Gasteiger partial charge in [-0.1, -0.05) is 11.6 Å². The Labute approximate surface area is 125 Å².